The third-order valence-electron chi connectivity index (χ3n) is 2.68. The van der Waals surface area contributed by atoms with Gasteiger partial charge in [-0.2, -0.15) is 0 Å². The van der Waals surface area contributed by atoms with Crippen LogP contribution in [0.1, 0.15) is 24.9 Å². The minimum atomic E-state index is -0.610. The van der Waals surface area contributed by atoms with E-state index in [9.17, 15) is 9.18 Å². The third kappa shape index (κ3) is 4.43. The summed E-state index contributed by atoms with van der Waals surface area (Å²) in [6.45, 7) is 2.22. The predicted molar refractivity (Wildman–Crippen MR) is 67.4 cm³/mol. The van der Waals surface area contributed by atoms with Gasteiger partial charge in [-0.1, -0.05) is 12.1 Å². The van der Waals surface area contributed by atoms with Crippen LogP contribution in [0.15, 0.2) is 24.3 Å². The number of hydrogen-bond acceptors (Lipinski definition) is 3. The molecule has 1 unspecified atom stereocenters. The number of rotatable bonds is 6. The van der Waals surface area contributed by atoms with Crippen LogP contribution >= 0.6 is 0 Å². The molecule has 0 radical (unpaired) electrons. The monoisotopic (exact) mass is 254 g/mol. The van der Waals surface area contributed by atoms with Gasteiger partial charge < -0.3 is 15.8 Å². The van der Waals surface area contributed by atoms with E-state index in [1.165, 1.54) is 12.1 Å². The Bertz CT molecular complexity index is 398. The smallest absolute Gasteiger partial charge is 0.237 e. The lowest BCUT2D eigenvalue weighted by molar-refractivity contribution is -0.123. The van der Waals surface area contributed by atoms with Gasteiger partial charge in [-0.25, -0.2) is 4.39 Å². The number of nitrogens with two attached hydrogens (primary N) is 1. The molecule has 1 aromatic rings. The van der Waals surface area contributed by atoms with Crippen LogP contribution in [0, 0.1) is 5.82 Å². The van der Waals surface area contributed by atoms with Crippen LogP contribution in [0.4, 0.5) is 4.39 Å². The van der Waals surface area contributed by atoms with Crippen molar-refractivity contribution in [1.29, 1.82) is 0 Å². The van der Waals surface area contributed by atoms with Crippen LogP contribution in [0.5, 0.6) is 0 Å². The van der Waals surface area contributed by atoms with Crippen molar-refractivity contribution >= 4 is 5.91 Å². The number of methoxy groups -OCH3 is 1. The summed E-state index contributed by atoms with van der Waals surface area (Å²) in [5, 5.41) is 2.75. The molecule has 4 nitrogen and oxygen atoms in total. The lowest BCUT2D eigenvalue weighted by Crippen LogP contribution is -2.42. The molecule has 2 atom stereocenters. The van der Waals surface area contributed by atoms with Gasteiger partial charge in [0.15, 0.2) is 0 Å². The molecule has 0 aliphatic heterocycles. The lowest BCUT2D eigenvalue weighted by Gasteiger charge is -2.17. The first-order valence-electron chi connectivity index (χ1n) is 5.85. The van der Waals surface area contributed by atoms with E-state index in [0.29, 0.717) is 18.6 Å². The summed E-state index contributed by atoms with van der Waals surface area (Å²) in [7, 11) is 1.56. The Hall–Kier alpha value is -1.46. The Morgan fingerprint density at radius 2 is 2.28 bits per heavy atom. The third-order valence-corrected chi connectivity index (χ3v) is 2.68. The molecule has 0 bridgehead atoms. The summed E-state index contributed by atoms with van der Waals surface area (Å²) in [6, 6.07) is 5.24. The minimum Gasteiger partial charge on any atom is -0.385 e. The maximum Gasteiger partial charge on any atom is 0.237 e. The topological polar surface area (TPSA) is 64.3 Å². The molecule has 18 heavy (non-hydrogen) atoms. The van der Waals surface area contributed by atoms with Crippen molar-refractivity contribution in [2.75, 3.05) is 13.7 Å². The average Bonchev–Trinajstić information content (AvgIpc) is 2.35. The van der Waals surface area contributed by atoms with Gasteiger partial charge in [0.05, 0.1) is 12.1 Å². The molecule has 100 valence electrons. The predicted octanol–water partition coefficient (Wildman–Crippen LogP) is 1.37. The van der Waals surface area contributed by atoms with Crippen LogP contribution in [0.3, 0.4) is 0 Å². The normalized spacial score (nSPS) is 14.0. The molecule has 0 saturated heterocycles. The first-order chi connectivity index (χ1) is 8.54. The number of benzene rings is 1. The second-order valence-electron chi connectivity index (χ2n) is 4.17. The minimum absolute atomic E-state index is 0.260. The van der Waals surface area contributed by atoms with Gasteiger partial charge in [0.25, 0.3) is 0 Å². The van der Waals surface area contributed by atoms with Crippen molar-refractivity contribution in [2.45, 2.75) is 25.4 Å². The van der Waals surface area contributed by atoms with Crippen molar-refractivity contribution in [3.05, 3.63) is 35.6 Å². The zero-order valence-corrected chi connectivity index (χ0v) is 10.7. The summed E-state index contributed by atoms with van der Waals surface area (Å²) < 4.78 is 17.9. The standard InChI is InChI=1S/C13H19FN2O2/c1-9(10-4-3-5-11(14)8-10)16-13(17)12(15)6-7-18-2/h3-5,8-9,12H,6-7,15H2,1-2H3,(H,16,17)/t9-,12?/m1/s1. The fraction of sp³-hybridized carbons (Fsp3) is 0.462. The Morgan fingerprint density at radius 3 is 2.89 bits per heavy atom. The molecule has 0 saturated carbocycles. The van der Waals surface area contributed by atoms with E-state index < -0.39 is 6.04 Å². The highest BCUT2D eigenvalue weighted by Gasteiger charge is 2.16. The van der Waals surface area contributed by atoms with Crippen molar-refractivity contribution in [3.63, 3.8) is 0 Å². The summed E-state index contributed by atoms with van der Waals surface area (Å²) in [6.07, 6.45) is 0.457. The Morgan fingerprint density at radius 1 is 1.56 bits per heavy atom. The van der Waals surface area contributed by atoms with Crippen LogP contribution in [-0.4, -0.2) is 25.7 Å². The summed E-state index contributed by atoms with van der Waals surface area (Å²) in [5.74, 6) is -0.582. The zero-order valence-electron chi connectivity index (χ0n) is 10.7. The van der Waals surface area contributed by atoms with E-state index in [4.69, 9.17) is 10.5 Å². The molecular weight excluding hydrogens is 235 g/mol. The second kappa shape index (κ2) is 7.08. The van der Waals surface area contributed by atoms with Crippen LogP contribution < -0.4 is 11.1 Å². The Balaban J connectivity index is 2.54. The number of halogens is 1. The van der Waals surface area contributed by atoms with Crippen molar-refractivity contribution in [3.8, 4) is 0 Å². The number of amides is 1. The highest BCUT2D eigenvalue weighted by molar-refractivity contribution is 5.81. The quantitative estimate of drug-likeness (QED) is 0.805. The zero-order chi connectivity index (χ0) is 13.5. The molecule has 0 spiro atoms. The highest BCUT2D eigenvalue weighted by atomic mass is 19.1. The largest absolute Gasteiger partial charge is 0.385 e. The summed E-state index contributed by atoms with van der Waals surface area (Å²) in [4.78, 5) is 11.7. The van der Waals surface area contributed by atoms with Crippen molar-refractivity contribution < 1.29 is 13.9 Å². The Labute approximate surface area is 106 Å². The van der Waals surface area contributed by atoms with E-state index in [1.807, 2.05) is 0 Å². The SMILES string of the molecule is COCCC(N)C(=O)N[C@H](C)c1cccc(F)c1. The number of carbonyl (C=O) groups excluding carboxylic acids is 1. The van der Waals surface area contributed by atoms with Gasteiger partial charge in [0.1, 0.15) is 5.82 Å². The van der Waals surface area contributed by atoms with Gasteiger partial charge in [-0.15, -0.1) is 0 Å². The van der Waals surface area contributed by atoms with Crippen molar-refractivity contribution in [2.24, 2.45) is 5.73 Å². The molecule has 1 rings (SSSR count). The van der Waals surface area contributed by atoms with E-state index in [0.717, 1.165) is 0 Å². The Kier molecular flexibility index (Phi) is 5.74. The molecule has 1 amide bonds. The van der Waals surface area contributed by atoms with Gasteiger partial charge in [-0.3, -0.25) is 4.79 Å². The maximum absolute atomic E-state index is 13.0. The van der Waals surface area contributed by atoms with E-state index in [1.54, 1.807) is 26.2 Å². The molecular formula is C13H19FN2O2. The molecule has 1 aromatic carbocycles. The number of nitrogens with one attached hydrogen (secondary N) is 1. The fourth-order valence-corrected chi connectivity index (χ4v) is 1.56. The van der Waals surface area contributed by atoms with E-state index >= 15 is 0 Å². The first-order valence-corrected chi connectivity index (χ1v) is 5.85. The molecule has 0 aliphatic rings. The molecule has 3 N–H and O–H groups in total. The lowest BCUT2D eigenvalue weighted by atomic mass is 10.1. The van der Waals surface area contributed by atoms with Crippen LogP contribution in [-0.2, 0) is 9.53 Å². The van der Waals surface area contributed by atoms with Gasteiger partial charge in [-0.05, 0) is 31.0 Å². The number of ether oxygens (including phenoxy) is 1. The first kappa shape index (κ1) is 14.6. The molecule has 0 aromatic heterocycles. The molecule has 5 heteroatoms. The molecule has 0 heterocycles. The van der Waals surface area contributed by atoms with Crippen LogP contribution in [0.25, 0.3) is 0 Å². The molecule has 0 fully saturated rings. The summed E-state index contributed by atoms with van der Waals surface area (Å²) >= 11 is 0. The van der Waals surface area contributed by atoms with E-state index in [-0.39, 0.29) is 17.8 Å². The van der Waals surface area contributed by atoms with E-state index in [2.05, 4.69) is 5.32 Å². The van der Waals surface area contributed by atoms with Gasteiger partial charge in [0.2, 0.25) is 5.91 Å². The molecule has 0 aliphatic carbocycles. The average molecular weight is 254 g/mol. The number of carbonyl (C=O) groups is 1. The van der Waals surface area contributed by atoms with Gasteiger partial charge in [0, 0.05) is 13.7 Å². The van der Waals surface area contributed by atoms with Gasteiger partial charge >= 0.3 is 0 Å². The van der Waals surface area contributed by atoms with Crippen LogP contribution in [0.2, 0.25) is 0 Å². The van der Waals surface area contributed by atoms with Crippen molar-refractivity contribution in [1.82, 2.24) is 5.32 Å². The number of hydrogen-bond donors (Lipinski definition) is 2. The fourth-order valence-electron chi connectivity index (χ4n) is 1.56. The highest BCUT2D eigenvalue weighted by Crippen LogP contribution is 2.13. The summed E-state index contributed by atoms with van der Waals surface area (Å²) in [5.41, 5.74) is 6.40. The second-order valence-corrected chi connectivity index (χ2v) is 4.17. The maximum atomic E-state index is 13.0.